The van der Waals surface area contributed by atoms with Crippen molar-refractivity contribution in [3.8, 4) is 0 Å². The fraction of sp³-hybridized carbons (Fsp3) is 0.273. The van der Waals surface area contributed by atoms with Gasteiger partial charge in [-0.05, 0) is 43.2 Å². The molecule has 1 aromatic carbocycles. The number of nitrogens with zero attached hydrogens (tertiary/aromatic N) is 4. The van der Waals surface area contributed by atoms with Crippen molar-refractivity contribution in [3.63, 3.8) is 0 Å². The second-order valence-electron chi connectivity index (χ2n) is 6.38. The molecule has 4 heteroatoms. The number of hydrogen-bond donors (Lipinski definition) is 0. The van der Waals surface area contributed by atoms with E-state index in [0.717, 1.165) is 35.6 Å². The van der Waals surface area contributed by atoms with E-state index in [1.165, 1.54) is 18.5 Å². The van der Waals surface area contributed by atoms with E-state index in [1.807, 2.05) is 48.7 Å². The number of allylic oxidation sites excluding steroid dienone is 7. The molecule has 0 spiro atoms. The molecule has 0 radical (unpaired) electrons. The highest BCUT2D eigenvalue weighted by molar-refractivity contribution is 6.15. The molecule has 134 valence electrons. The van der Waals surface area contributed by atoms with E-state index in [9.17, 15) is 0 Å². The van der Waals surface area contributed by atoms with E-state index < -0.39 is 0 Å². The quantitative estimate of drug-likeness (QED) is 0.585. The summed E-state index contributed by atoms with van der Waals surface area (Å²) in [7, 11) is 3.75. The van der Waals surface area contributed by atoms with Gasteiger partial charge in [0.25, 0.3) is 0 Å². The summed E-state index contributed by atoms with van der Waals surface area (Å²) < 4.78 is 0. The Labute approximate surface area is 156 Å². The molecule has 1 saturated heterocycles. The summed E-state index contributed by atoms with van der Waals surface area (Å²) in [6.45, 7) is 6.24. The first kappa shape index (κ1) is 17.9. The number of benzene rings is 1. The largest absolute Gasteiger partial charge is 0.372 e. The smallest absolute Gasteiger partial charge is 0.0649 e. The third-order valence-electron chi connectivity index (χ3n) is 4.74. The minimum absolute atomic E-state index is 0.937. The Bertz CT molecular complexity index is 788. The third kappa shape index (κ3) is 4.02. The second kappa shape index (κ2) is 8.48. The standard InChI is InChI=1S/C22H26N4/c1-4-18(21-9-5-6-10-22(21)23-2)17-24-25(3)19-11-13-20(14-12-19)26-15-7-8-16-26/h4-6,9-14,17H,1,7-8,15-16H2,2-3H3/b21-18+,23-22?,24-17+. The Kier molecular flexibility index (Phi) is 5.84. The van der Waals surface area contributed by atoms with Crippen LogP contribution in [0.1, 0.15) is 12.8 Å². The Morgan fingerprint density at radius 3 is 2.46 bits per heavy atom. The number of anilines is 2. The van der Waals surface area contributed by atoms with Gasteiger partial charge in [-0.3, -0.25) is 10.0 Å². The van der Waals surface area contributed by atoms with E-state index in [0.29, 0.717) is 0 Å². The van der Waals surface area contributed by atoms with Crippen molar-refractivity contribution in [1.82, 2.24) is 0 Å². The fourth-order valence-corrected chi connectivity index (χ4v) is 3.21. The maximum absolute atomic E-state index is 4.59. The van der Waals surface area contributed by atoms with Crippen molar-refractivity contribution in [3.05, 3.63) is 72.4 Å². The van der Waals surface area contributed by atoms with E-state index in [1.54, 1.807) is 7.05 Å². The van der Waals surface area contributed by atoms with Crippen molar-refractivity contribution < 1.29 is 0 Å². The summed E-state index contributed by atoms with van der Waals surface area (Å²) in [6.07, 6.45) is 14.3. The molecule has 0 aromatic heterocycles. The van der Waals surface area contributed by atoms with Gasteiger partial charge in [0.1, 0.15) is 0 Å². The number of hydrogen-bond acceptors (Lipinski definition) is 4. The summed E-state index contributed by atoms with van der Waals surface area (Å²) in [5.74, 6) is 0. The highest BCUT2D eigenvalue weighted by atomic mass is 15.4. The molecule has 26 heavy (non-hydrogen) atoms. The number of rotatable bonds is 5. The van der Waals surface area contributed by atoms with E-state index >= 15 is 0 Å². The fourth-order valence-electron chi connectivity index (χ4n) is 3.21. The van der Waals surface area contributed by atoms with Crippen molar-refractivity contribution in [2.24, 2.45) is 10.1 Å². The molecule has 0 saturated carbocycles. The zero-order valence-electron chi connectivity index (χ0n) is 15.6. The normalized spacial score (nSPS) is 20.2. The molecule has 2 aliphatic rings. The molecule has 0 amide bonds. The Balaban J connectivity index is 1.75. The summed E-state index contributed by atoms with van der Waals surface area (Å²) in [5.41, 5.74) is 5.27. The van der Waals surface area contributed by atoms with Crippen LogP contribution in [0.2, 0.25) is 0 Å². The Morgan fingerprint density at radius 1 is 1.12 bits per heavy atom. The monoisotopic (exact) mass is 346 g/mol. The molecule has 0 unspecified atom stereocenters. The Morgan fingerprint density at radius 2 is 1.81 bits per heavy atom. The van der Waals surface area contributed by atoms with Gasteiger partial charge in [0.2, 0.25) is 0 Å². The summed E-state index contributed by atoms with van der Waals surface area (Å²) >= 11 is 0. The van der Waals surface area contributed by atoms with Gasteiger partial charge in [-0.1, -0.05) is 30.9 Å². The lowest BCUT2D eigenvalue weighted by atomic mass is 10.00. The minimum atomic E-state index is 0.937. The van der Waals surface area contributed by atoms with Crippen LogP contribution in [0.15, 0.2) is 82.5 Å². The first-order valence-corrected chi connectivity index (χ1v) is 9.04. The van der Waals surface area contributed by atoms with Crippen molar-refractivity contribution in [1.29, 1.82) is 0 Å². The molecular formula is C22H26N4. The lowest BCUT2D eigenvalue weighted by Gasteiger charge is -2.19. The average Bonchev–Trinajstić information content (AvgIpc) is 3.23. The zero-order valence-corrected chi connectivity index (χ0v) is 15.6. The van der Waals surface area contributed by atoms with Gasteiger partial charge in [0.05, 0.1) is 17.6 Å². The van der Waals surface area contributed by atoms with Crippen LogP contribution in [0.4, 0.5) is 11.4 Å². The van der Waals surface area contributed by atoms with Gasteiger partial charge in [0, 0.05) is 44.0 Å². The second-order valence-corrected chi connectivity index (χ2v) is 6.38. The highest BCUT2D eigenvalue weighted by Gasteiger charge is 2.12. The summed E-state index contributed by atoms with van der Waals surface area (Å²) in [6, 6.07) is 8.59. The predicted octanol–water partition coefficient (Wildman–Crippen LogP) is 4.39. The van der Waals surface area contributed by atoms with Gasteiger partial charge in [-0.15, -0.1) is 0 Å². The lowest BCUT2D eigenvalue weighted by molar-refractivity contribution is 0.949. The Hall–Kier alpha value is -2.88. The molecule has 3 rings (SSSR count). The summed E-state index contributed by atoms with van der Waals surface area (Å²) in [5, 5.41) is 6.47. The lowest BCUT2D eigenvalue weighted by Crippen LogP contribution is -2.17. The molecule has 1 fully saturated rings. The first-order chi connectivity index (χ1) is 12.7. The van der Waals surface area contributed by atoms with Crippen LogP contribution in [-0.2, 0) is 0 Å². The molecular weight excluding hydrogens is 320 g/mol. The topological polar surface area (TPSA) is 31.2 Å². The molecule has 1 aromatic rings. The van der Waals surface area contributed by atoms with Crippen LogP contribution in [-0.4, -0.2) is 39.1 Å². The molecule has 1 aliphatic carbocycles. The van der Waals surface area contributed by atoms with Crippen molar-refractivity contribution in [2.75, 3.05) is 37.1 Å². The van der Waals surface area contributed by atoms with E-state index in [-0.39, 0.29) is 0 Å². The summed E-state index contributed by atoms with van der Waals surface area (Å²) in [4.78, 5) is 6.76. The van der Waals surface area contributed by atoms with Gasteiger partial charge >= 0.3 is 0 Å². The predicted molar refractivity (Wildman–Crippen MR) is 114 cm³/mol. The van der Waals surface area contributed by atoms with Crippen molar-refractivity contribution in [2.45, 2.75) is 12.8 Å². The van der Waals surface area contributed by atoms with Crippen LogP contribution in [0.3, 0.4) is 0 Å². The first-order valence-electron chi connectivity index (χ1n) is 9.04. The zero-order chi connectivity index (χ0) is 18.4. The SMILES string of the molecule is C=CC(/C=N/N(C)c1ccc(N2CCCC2)cc1)=C1/C=CC=CC1=NC. The van der Waals surface area contributed by atoms with Crippen LogP contribution in [0.25, 0.3) is 0 Å². The van der Waals surface area contributed by atoms with Crippen molar-refractivity contribution >= 4 is 23.3 Å². The molecule has 0 atom stereocenters. The maximum atomic E-state index is 4.59. The average molecular weight is 346 g/mol. The molecule has 1 heterocycles. The van der Waals surface area contributed by atoms with E-state index in [2.05, 4.69) is 45.8 Å². The number of hydrazone groups is 1. The van der Waals surface area contributed by atoms with Crippen LogP contribution >= 0.6 is 0 Å². The van der Waals surface area contributed by atoms with Gasteiger partial charge in [0.15, 0.2) is 0 Å². The van der Waals surface area contributed by atoms with E-state index in [4.69, 9.17) is 0 Å². The molecule has 1 aliphatic heterocycles. The molecule has 4 nitrogen and oxygen atoms in total. The van der Waals surface area contributed by atoms with Gasteiger partial charge in [-0.25, -0.2) is 0 Å². The van der Waals surface area contributed by atoms with Crippen LogP contribution in [0.5, 0.6) is 0 Å². The molecule has 0 bridgehead atoms. The van der Waals surface area contributed by atoms with Gasteiger partial charge in [-0.2, -0.15) is 5.10 Å². The van der Waals surface area contributed by atoms with Gasteiger partial charge < -0.3 is 4.90 Å². The van der Waals surface area contributed by atoms with Crippen LogP contribution < -0.4 is 9.91 Å². The maximum Gasteiger partial charge on any atom is 0.0649 e. The molecule has 0 N–H and O–H groups in total. The number of aliphatic imine (C=N–C) groups is 1. The minimum Gasteiger partial charge on any atom is -0.372 e. The third-order valence-corrected chi connectivity index (χ3v) is 4.74. The highest BCUT2D eigenvalue weighted by Crippen LogP contribution is 2.23. The van der Waals surface area contributed by atoms with Crippen LogP contribution in [0, 0.1) is 0 Å².